The Balaban J connectivity index is 1.63. The first-order valence-electron chi connectivity index (χ1n) is 8.05. The summed E-state index contributed by atoms with van der Waals surface area (Å²) < 4.78 is 5.07. The minimum Gasteiger partial charge on any atom is -0.508 e. The highest BCUT2D eigenvalue weighted by Crippen LogP contribution is 2.12. The molecule has 2 aromatic rings. The van der Waals surface area contributed by atoms with Gasteiger partial charge in [0, 0.05) is 18.7 Å². The fraction of sp³-hybridized carbons (Fsp3) is 0.263. The number of ether oxygens (including phenoxy) is 1. The lowest BCUT2D eigenvalue weighted by Gasteiger charge is -2.08. The second-order valence-electron chi connectivity index (χ2n) is 5.53. The van der Waals surface area contributed by atoms with E-state index >= 15 is 0 Å². The molecule has 3 N–H and O–H groups in total. The van der Waals surface area contributed by atoms with Crippen molar-refractivity contribution < 1.29 is 19.4 Å². The van der Waals surface area contributed by atoms with Crippen molar-refractivity contribution in [2.75, 3.05) is 20.2 Å². The highest BCUT2D eigenvalue weighted by Gasteiger charge is 2.06. The number of hydrogen-bond donors (Lipinski definition) is 3. The molecule has 0 fully saturated rings. The highest BCUT2D eigenvalue weighted by molar-refractivity contribution is 5.94. The standard InChI is InChI=1S/C19H22N2O4/c1-25-17-8-6-14(7-9-17)12-18(23)20-10-3-11-21-19(24)15-4-2-5-16(22)13-15/h2,4-9,13,22H,3,10-12H2,1H3,(H,20,23)(H,21,24). The molecule has 0 aliphatic carbocycles. The molecule has 25 heavy (non-hydrogen) atoms. The number of rotatable bonds is 8. The molecule has 132 valence electrons. The fourth-order valence-corrected chi connectivity index (χ4v) is 2.26. The molecule has 0 atom stereocenters. The minimum absolute atomic E-state index is 0.0541. The van der Waals surface area contributed by atoms with Crippen LogP contribution < -0.4 is 15.4 Å². The van der Waals surface area contributed by atoms with Gasteiger partial charge in [0.1, 0.15) is 11.5 Å². The second kappa shape index (κ2) is 9.32. The maximum Gasteiger partial charge on any atom is 0.251 e. The molecule has 0 aromatic heterocycles. The number of carbonyl (C=O) groups excluding carboxylic acids is 2. The van der Waals surface area contributed by atoms with Crippen molar-refractivity contribution in [3.05, 3.63) is 59.7 Å². The Bertz CT molecular complexity index is 714. The van der Waals surface area contributed by atoms with E-state index < -0.39 is 0 Å². The molecule has 6 heteroatoms. The molecule has 6 nitrogen and oxygen atoms in total. The maximum atomic E-state index is 11.9. The Morgan fingerprint density at radius 1 is 1.04 bits per heavy atom. The average molecular weight is 342 g/mol. The van der Waals surface area contributed by atoms with E-state index in [1.165, 1.54) is 12.1 Å². The summed E-state index contributed by atoms with van der Waals surface area (Å²) in [5.74, 6) is 0.495. The second-order valence-corrected chi connectivity index (χ2v) is 5.53. The molecular formula is C19H22N2O4. The Morgan fingerprint density at radius 3 is 2.44 bits per heavy atom. The molecule has 0 radical (unpaired) electrons. The third-order valence-corrected chi connectivity index (χ3v) is 3.59. The van der Waals surface area contributed by atoms with Gasteiger partial charge in [-0.25, -0.2) is 0 Å². The summed E-state index contributed by atoms with van der Waals surface area (Å²) in [6.07, 6.45) is 0.929. The van der Waals surface area contributed by atoms with Gasteiger partial charge >= 0.3 is 0 Å². The number of methoxy groups -OCH3 is 1. The van der Waals surface area contributed by atoms with Crippen LogP contribution in [0.25, 0.3) is 0 Å². The number of carbonyl (C=O) groups is 2. The number of amides is 2. The molecule has 0 aliphatic heterocycles. The quantitative estimate of drug-likeness (QED) is 0.639. The van der Waals surface area contributed by atoms with Crippen molar-refractivity contribution in [2.24, 2.45) is 0 Å². The summed E-state index contributed by atoms with van der Waals surface area (Å²) >= 11 is 0. The lowest BCUT2D eigenvalue weighted by molar-refractivity contribution is -0.120. The summed E-state index contributed by atoms with van der Waals surface area (Å²) in [6, 6.07) is 13.5. The van der Waals surface area contributed by atoms with Gasteiger partial charge in [0.05, 0.1) is 13.5 Å². The molecule has 0 aliphatic rings. The van der Waals surface area contributed by atoms with E-state index in [-0.39, 0.29) is 17.6 Å². The number of aromatic hydroxyl groups is 1. The summed E-state index contributed by atoms with van der Waals surface area (Å²) in [4.78, 5) is 23.7. The molecular weight excluding hydrogens is 320 g/mol. The number of hydrogen-bond acceptors (Lipinski definition) is 4. The number of nitrogens with one attached hydrogen (secondary N) is 2. The summed E-state index contributed by atoms with van der Waals surface area (Å²) in [7, 11) is 1.60. The van der Waals surface area contributed by atoms with Crippen LogP contribution in [-0.4, -0.2) is 37.1 Å². The van der Waals surface area contributed by atoms with E-state index in [2.05, 4.69) is 10.6 Å². The van der Waals surface area contributed by atoms with Crippen LogP contribution >= 0.6 is 0 Å². The number of benzene rings is 2. The van der Waals surface area contributed by atoms with Crippen molar-refractivity contribution in [3.8, 4) is 11.5 Å². The van der Waals surface area contributed by atoms with E-state index in [1.807, 2.05) is 24.3 Å². The predicted molar refractivity (Wildman–Crippen MR) is 94.8 cm³/mol. The zero-order valence-corrected chi connectivity index (χ0v) is 14.1. The first kappa shape index (κ1) is 18.3. The largest absolute Gasteiger partial charge is 0.508 e. The van der Waals surface area contributed by atoms with Crippen molar-refractivity contribution in [1.82, 2.24) is 10.6 Å². The monoisotopic (exact) mass is 342 g/mol. The van der Waals surface area contributed by atoms with Gasteiger partial charge in [0.15, 0.2) is 0 Å². The molecule has 0 spiro atoms. The van der Waals surface area contributed by atoms with Crippen molar-refractivity contribution >= 4 is 11.8 Å². The molecule has 0 saturated heterocycles. The van der Waals surface area contributed by atoms with Crippen LogP contribution in [0.3, 0.4) is 0 Å². The maximum absolute atomic E-state index is 11.9. The van der Waals surface area contributed by atoms with Crippen molar-refractivity contribution in [1.29, 1.82) is 0 Å². The Labute approximate surface area is 146 Å². The van der Waals surface area contributed by atoms with E-state index in [9.17, 15) is 14.7 Å². The Hall–Kier alpha value is -3.02. The number of phenolic OH excluding ortho intramolecular Hbond substituents is 1. The van der Waals surface area contributed by atoms with Gasteiger partial charge in [0.2, 0.25) is 5.91 Å². The lowest BCUT2D eigenvalue weighted by atomic mass is 10.1. The fourth-order valence-electron chi connectivity index (χ4n) is 2.26. The van der Waals surface area contributed by atoms with Crippen LogP contribution in [0.5, 0.6) is 11.5 Å². The van der Waals surface area contributed by atoms with Gasteiger partial charge in [-0.2, -0.15) is 0 Å². The summed E-state index contributed by atoms with van der Waals surface area (Å²) in [6.45, 7) is 0.923. The normalized spacial score (nSPS) is 10.1. The molecule has 0 unspecified atom stereocenters. The van der Waals surface area contributed by atoms with E-state index in [4.69, 9.17) is 4.74 Å². The van der Waals surface area contributed by atoms with Gasteiger partial charge in [-0.3, -0.25) is 9.59 Å². The topological polar surface area (TPSA) is 87.7 Å². The SMILES string of the molecule is COc1ccc(CC(=O)NCCCNC(=O)c2cccc(O)c2)cc1. The molecule has 0 bridgehead atoms. The lowest BCUT2D eigenvalue weighted by Crippen LogP contribution is -2.30. The average Bonchev–Trinajstić information content (AvgIpc) is 2.62. The van der Waals surface area contributed by atoms with Gasteiger partial charge in [-0.05, 0) is 42.3 Å². The van der Waals surface area contributed by atoms with Crippen LogP contribution in [0.4, 0.5) is 0 Å². The predicted octanol–water partition coefficient (Wildman–Crippen LogP) is 1.88. The molecule has 2 aromatic carbocycles. The van der Waals surface area contributed by atoms with E-state index in [0.717, 1.165) is 11.3 Å². The molecule has 0 saturated carbocycles. The van der Waals surface area contributed by atoms with Crippen LogP contribution in [0.1, 0.15) is 22.3 Å². The Kier molecular flexibility index (Phi) is 6.83. The first-order valence-corrected chi connectivity index (χ1v) is 8.05. The summed E-state index contributed by atoms with van der Waals surface area (Å²) in [5.41, 5.74) is 1.32. The molecule has 0 heterocycles. The van der Waals surface area contributed by atoms with Crippen molar-refractivity contribution in [3.63, 3.8) is 0 Å². The third-order valence-electron chi connectivity index (χ3n) is 3.59. The van der Waals surface area contributed by atoms with E-state index in [0.29, 0.717) is 31.5 Å². The third kappa shape index (κ3) is 6.18. The van der Waals surface area contributed by atoms with Crippen LogP contribution in [0.2, 0.25) is 0 Å². The minimum atomic E-state index is -0.250. The van der Waals surface area contributed by atoms with Crippen LogP contribution in [0.15, 0.2) is 48.5 Å². The summed E-state index contributed by atoms with van der Waals surface area (Å²) in [5, 5.41) is 14.9. The zero-order valence-electron chi connectivity index (χ0n) is 14.1. The van der Waals surface area contributed by atoms with Crippen LogP contribution in [-0.2, 0) is 11.2 Å². The Morgan fingerprint density at radius 2 is 1.76 bits per heavy atom. The first-order chi connectivity index (χ1) is 12.1. The van der Waals surface area contributed by atoms with Crippen LogP contribution in [0, 0.1) is 0 Å². The van der Waals surface area contributed by atoms with Crippen molar-refractivity contribution in [2.45, 2.75) is 12.8 Å². The van der Waals surface area contributed by atoms with Gasteiger partial charge < -0.3 is 20.5 Å². The molecule has 2 amide bonds. The van der Waals surface area contributed by atoms with Gasteiger partial charge in [0.25, 0.3) is 5.91 Å². The van der Waals surface area contributed by atoms with Gasteiger partial charge in [-0.1, -0.05) is 18.2 Å². The smallest absolute Gasteiger partial charge is 0.251 e. The van der Waals surface area contributed by atoms with E-state index in [1.54, 1.807) is 19.2 Å². The molecule has 2 rings (SSSR count). The van der Waals surface area contributed by atoms with Gasteiger partial charge in [-0.15, -0.1) is 0 Å². The zero-order chi connectivity index (χ0) is 18.1. The number of phenols is 1. The highest BCUT2D eigenvalue weighted by atomic mass is 16.5.